The smallest absolute Gasteiger partial charge is 0.0652 e. The molecule has 1 aromatic heterocycles. The van der Waals surface area contributed by atoms with Crippen molar-refractivity contribution in [2.45, 2.75) is 30.5 Å². The highest BCUT2D eigenvalue weighted by Gasteiger charge is 2.08. The number of nitrogens with zero attached hydrogens (tertiary/aromatic N) is 2. The van der Waals surface area contributed by atoms with Gasteiger partial charge in [0, 0.05) is 18.8 Å². The molecule has 2 N–H and O–H groups in total. The van der Waals surface area contributed by atoms with E-state index in [-0.39, 0.29) is 0 Å². The standard InChI is InChI=1S/C8H15N3S/c1-6(2)12-8-5-10-11(3)7(8)4-9/h5-6H,4,9H2,1-3H3. The fraction of sp³-hybridized carbons (Fsp3) is 0.625. The molecule has 0 bridgehead atoms. The van der Waals surface area contributed by atoms with Crippen LogP contribution in [0.3, 0.4) is 0 Å². The second-order valence-corrected chi connectivity index (χ2v) is 4.57. The molecule has 0 fully saturated rings. The molecule has 1 rings (SSSR count). The molecule has 1 aromatic rings. The summed E-state index contributed by atoms with van der Waals surface area (Å²) in [4.78, 5) is 1.20. The van der Waals surface area contributed by atoms with E-state index >= 15 is 0 Å². The average molecular weight is 185 g/mol. The van der Waals surface area contributed by atoms with Gasteiger partial charge in [-0.25, -0.2) is 0 Å². The highest BCUT2D eigenvalue weighted by atomic mass is 32.2. The highest BCUT2D eigenvalue weighted by molar-refractivity contribution is 8.00. The molecule has 68 valence electrons. The predicted octanol–water partition coefficient (Wildman–Crippen LogP) is 1.38. The summed E-state index contributed by atoms with van der Waals surface area (Å²) >= 11 is 1.81. The van der Waals surface area contributed by atoms with Crippen LogP contribution in [-0.4, -0.2) is 15.0 Å². The van der Waals surface area contributed by atoms with Gasteiger partial charge < -0.3 is 5.73 Å². The first-order chi connectivity index (χ1) is 5.65. The summed E-state index contributed by atoms with van der Waals surface area (Å²) in [7, 11) is 1.92. The summed E-state index contributed by atoms with van der Waals surface area (Å²) in [6.45, 7) is 4.89. The van der Waals surface area contributed by atoms with Crippen LogP contribution in [0.25, 0.3) is 0 Å². The molecule has 0 saturated carbocycles. The van der Waals surface area contributed by atoms with Gasteiger partial charge in [0.2, 0.25) is 0 Å². The van der Waals surface area contributed by atoms with E-state index in [0.717, 1.165) is 5.69 Å². The zero-order chi connectivity index (χ0) is 9.14. The van der Waals surface area contributed by atoms with Gasteiger partial charge in [0.05, 0.1) is 16.8 Å². The zero-order valence-electron chi connectivity index (χ0n) is 7.74. The molecule has 0 aliphatic heterocycles. The van der Waals surface area contributed by atoms with Crippen molar-refractivity contribution in [3.8, 4) is 0 Å². The Labute approximate surface area is 77.3 Å². The molecule has 1 heterocycles. The van der Waals surface area contributed by atoms with Crippen molar-refractivity contribution in [2.75, 3.05) is 0 Å². The fourth-order valence-electron chi connectivity index (χ4n) is 1.03. The van der Waals surface area contributed by atoms with E-state index in [9.17, 15) is 0 Å². The van der Waals surface area contributed by atoms with Crippen LogP contribution in [0.15, 0.2) is 11.1 Å². The third-order valence-electron chi connectivity index (χ3n) is 1.58. The predicted molar refractivity (Wildman–Crippen MR) is 52.1 cm³/mol. The Morgan fingerprint density at radius 2 is 2.33 bits per heavy atom. The molecule has 12 heavy (non-hydrogen) atoms. The zero-order valence-corrected chi connectivity index (χ0v) is 8.56. The van der Waals surface area contributed by atoms with E-state index in [1.807, 2.05) is 29.7 Å². The van der Waals surface area contributed by atoms with Gasteiger partial charge in [-0.3, -0.25) is 4.68 Å². The lowest BCUT2D eigenvalue weighted by Gasteiger charge is -2.04. The lowest BCUT2D eigenvalue weighted by Crippen LogP contribution is -2.05. The molecule has 0 aliphatic rings. The lowest BCUT2D eigenvalue weighted by molar-refractivity contribution is 0.707. The van der Waals surface area contributed by atoms with Gasteiger partial charge in [-0.05, 0) is 0 Å². The van der Waals surface area contributed by atoms with Crippen LogP contribution in [0.4, 0.5) is 0 Å². The SMILES string of the molecule is CC(C)Sc1cnn(C)c1CN. The van der Waals surface area contributed by atoms with E-state index in [2.05, 4.69) is 18.9 Å². The second kappa shape index (κ2) is 3.96. The first-order valence-electron chi connectivity index (χ1n) is 4.02. The minimum absolute atomic E-state index is 0.561. The Bertz CT molecular complexity index is 255. The largest absolute Gasteiger partial charge is 0.325 e. The minimum atomic E-state index is 0.561. The summed E-state index contributed by atoms with van der Waals surface area (Å²) in [5.41, 5.74) is 6.72. The Kier molecular flexibility index (Phi) is 3.17. The van der Waals surface area contributed by atoms with Crippen molar-refractivity contribution >= 4 is 11.8 Å². The molecule has 0 amide bonds. The molecule has 0 spiro atoms. The maximum absolute atomic E-state index is 5.60. The van der Waals surface area contributed by atoms with Crippen LogP contribution < -0.4 is 5.73 Å². The summed E-state index contributed by atoms with van der Waals surface area (Å²) in [6.07, 6.45) is 1.88. The van der Waals surface area contributed by atoms with Gasteiger partial charge in [0.1, 0.15) is 0 Å². The van der Waals surface area contributed by atoms with Crippen LogP contribution in [0.5, 0.6) is 0 Å². The number of aryl methyl sites for hydroxylation is 1. The van der Waals surface area contributed by atoms with Crippen molar-refractivity contribution in [1.82, 2.24) is 9.78 Å². The monoisotopic (exact) mass is 185 g/mol. The van der Waals surface area contributed by atoms with Crippen molar-refractivity contribution in [3.05, 3.63) is 11.9 Å². The van der Waals surface area contributed by atoms with E-state index in [0.29, 0.717) is 11.8 Å². The topological polar surface area (TPSA) is 43.8 Å². The molecule has 0 aliphatic carbocycles. The van der Waals surface area contributed by atoms with Crippen LogP contribution in [0.1, 0.15) is 19.5 Å². The quantitative estimate of drug-likeness (QED) is 0.723. The third-order valence-corrected chi connectivity index (χ3v) is 2.65. The summed E-state index contributed by atoms with van der Waals surface area (Å²) < 4.78 is 1.84. The van der Waals surface area contributed by atoms with Crippen molar-refractivity contribution in [1.29, 1.82) is 0 Å². The molecule has 4 heteroatoms. The molecule has 0 atom stereocenters. The molecule has 0 saturated heterocycles. The Morgan fingerprint density at radius 3 is 2.83 bits per heavy atom. The molecular formula is C8H15N3S. The first-order valence-corrected chi connectivity index (χ1v) is 4.90. The summed E-state index contributed by atoms with van der Waals surface area (Å²) in [5.74, 6) is 0. The summed E-state index contributed by atoms with van der Waals surface area (Å²) in [6, 6.07) is 0. The number of thioether (sulfide) groups is 1. The van der Waals surface area contributed by atoms with Crippen LogP contribution in [0.2, 0.25) is 0 Å². The number of rotatable bonds is 3. The van der Waals surface area contributed by atoms with E-state index in [1.54, 1.807) is 0 Å². The molecule has 0 aromatic carbocycles. The number of hydrogen-bond acceptors (Lipinski definition) is 3. The fourth-order valence-corrected chi connectivity index (χ4v) is 2.00. The minimum Gasteiger partial charge on any atom is -0.325 e. The van der Waals surface area contributed by atoms with Gasteiger partial charge >= 0.3 is 0 Å². The maximum Gasteiger partial charge on any atom is 0.0652 e. The van der Waals surface area contributed by atoms with Crippen molar-refractivity contribution in [3.63, 3.8) is 0 Å². The third kappa shape index (κ3) is 2.01. The van der Waals surface area contributed by atoms with Crippen molar-refractivity contribution in [2.24, 2.45) is 12.8 Å². The van der Waals surface area contributed by atoms with Gasteiger partial charge in [-0.1, -0.05) is 13.8 Å². The van der Waals surface area contributed by atoms with E-state index in [4.69, 9.17) is 5.73 Å². The lowest BCUT2D eigenvalue weighted by atomic mass is 10.4. The second-order valence-electron chi connectivity index (χ2n) is 2.95. The normalized spacial score (nSPS) is 11.1. The Balaban J connectivity index is 2.84. The first kappa shape index (κ1) is 9.61. The number of nitrogens with two attached hydrogens (primary N) is 1. The van der Waals surface area contributed by atoms with Crippen LogP contribution in [0, 0.1) is 0 Å². The Hall–Kier alpha value is -0.480. The van der Waals surface area contributed by atoms with Gasteiger partial charge in [0.15, 0.2) is 0 Å². The number of aromatic nitrogens is 2. The average Bonchev–Trinajstić information content (AvgIpc) is 2.30. The van der Waals surface area contributed by atoms with Gasteiger partial charge in [-0.2, -0.15) is 5.10 Å². The number of hydrogen-bond donors (Lipinski definition) is 1. The molecule has 3 nitrogen and oxygen atoms in total. The molecule has 0 radical (unpaired) electrons. The van der Waals surface area contributed by atoms with Crippen LogP contribution in [-0.2, 0) is 13.6 Å². The maximum atomic E-state index is 5.60. The molecule has 0 unspecified atom stereocenters. The summed E-state index contributed by atoms with van der Waals surface area (Å²) in [5, 5.41) is 4.74. The molecular weight excluding hydrogens is 170 g/mol. The Morgan fingerprint density at radius 1 is 1.67 bits per heavy atom. The van der Waals surface area contributed by atoms with Gasteiger partial charge in [-0.15, -0.1) is 11.8 Å². The van der Waals surface area contributed by atoms with Crippen LogP contribution >= 0.6 is 11.8 Å². The van der Waals surface area contributed by atoms with E-state index in [1.165, 1.54) is 4.90 Å². The van der Waals surface area contributed by atoms with Crippen molar-refractivity contribution < 1.29 is 0 Å². The highest BCUT2D eigenvalue weighted by Crippen LogP contribution is 2.25. The van der Waals surface area contributed by atoms with E-state index < -0.39 is 0 Å². The van der Waals surface area contributed by atoms with Gasteiger partial charge in [0.25, 0.3) is 0 Å².